The van der Waals surface area contributed by atoms with Gasteiger partial charge in [-0.1, -0.05) is 11.6 Å². The molecule has 2 aromatic rings. The first-order chi connectivity index (χ1) is 8.16. The lowest BCUT2D eigenvalue weighted by Crippen LogP contribution is -2.31. The Kier molecular flexibility index (Phi) is 2.21. The summed E-state index contributed by atoms with van der Waals surface area (Å²) in [4.78, 5) is 14.4. The van der Waals surface area contributed by atoms with Crippen LogP contribution in [0.2, 0.25) is 0 Å². The molecule has 0 bridgehead atoms. The van der Waals surface area contributed by atoms with Gasteiger partial charge in [0, 0.05) is 22.5 Å². The van der Waals surface area contributed by atoms with E-state index in [0.717, 1.165) is 24.1 Å². The second kappa shape index (κ2) is 3.62. The number of hydrogen-bond donors (Lipinski definition) is 1. The third-order valence-electron chi connectivity index (χ3n) is 3.65. The van der Waals surface area contributed by atoms with Crippen molar-refractivity contribution in [1.82, 2.24) is 4.98 Å². The number of aliphatic carboxylic acids is 1. The van der Waals surface area contributed by atoms with Crippen molar-refractivity contribution in [3.8, 4) is 0 Å². The monoisotopic (exact) mass is 228 g/mol. The molecule has 1 aliphatic carbocycles. The van der Waals surface area contributed by atoms with E-state index >= 15 is 0 Å². The minimum atomic E-state index is -0.964. The molecule has 0 fully saturated rings. The van der Waals surface area contributed by atoms with Gasteiger partial charge in [-0.05, 0) is 43.9 Å². The second-order valence-electron chi connectivity index (χ2n) is 4.83. The van der Waals surface area contributed by atoms with Crippen molar-refractivity contribution in [1.29, 1.82) is 0 Å². The van der Waals surface area contributed by atoms with Crippen LogP contribution in [-0.2, 0) is 11.2 Å². The van der Waals surface area contributed by atoms with Gasteiger partial charge < -0.3 is 14.9 Å². The average Bonchev–Trinajstić information content (AvgIpc) is 2.66. The number of aryl methyl sites for hydroxylation is 2. The van der Waals surface area contributed by atoms with E-state index in [1.165, 1.54) is 16.5 Å². The molecule has 0 radical (unpaired) electrons. The number of H-pyrrole nitrogens is 1. The number of rotatable bonds is 1. The molecule has 88 valence electrons. The molecule has 3 rings (SSSR count). The van der Waals surface area contributed by atoms with Crippen LogP contribution in [-0.4, -0.2) is 11.0 Å². The van der Waals surface area contributed by atoms with Gasteiger partial charge in [-0.25, -0.2) is 0 Å². The van der Waals surface area contributed by atoms with Gasteiger partial charge in [0.05, 0.1) is 5.97 Å². The molecular formula is C14H14NO2-. The summed E-state index contributed by atoms with van der Waals surface area (Å²) in [6.07, 6.45) is 2.57. The summed E-state index contributed by atoms with van der Waals surface area (Å²) >= 11 is 0. The SMILES string of the molecule is Cc1ccc2[nH]c3c(c2c1)CCC[C@@H]3C(=O)[O-]. The molecule has 1 heterocycles. The fraction of sp³-hybridized carbons (Fsp3) is 0.357. The Morgan fingerprint density at radius 2 is 2.29 bits per heavy atom. The number of aromatic nitrogens is 1. The van der Waals surface area contributed by atoms with Crippen molar-refractivity contribution in [3.05, 3.63) is 35.0 Å². The average molecular weight is 228 g/mol. The van der Waals surface area contributed by atoms with Crippen LogP contribution in [0.4, 0.5) is 0 Å². The highest BCUT2D eigenvalue weighted by Gasteiger charge is 2.24. The minimum Gasteiger partial charge on any atom is -0.549 e. The molecule has 1 atom stereocenters. The molecule has 1 N–H and O–H groups in total. The van der Waals surface area contributed by atoms with E-state index in [4.69, 9.17) is 0 Å². The molecule has 0 amide bonds. The quantitative estimate of drug-likeness (QED) is 0.806. The Hall–Kier alpha value is -1.77. The van der Waals surface area contributed by atoms with Gasteiger partial charge in [-0.2, -0.15) is 0 Å². The number of benzene rings is 1. The lowest BCUT2D eigenvalue weighted by Gasteiger charge is -2.23. The molecule has 3 heteroatoms. The standard InChI is InChI=1S/C14H15NO2/c1-8-5-6-12-11(7-8)9-3-2-4-10(14(16)17)13(9)15-12/h5-7,10,15H,2-4H2,1H3,(H,16,17)/p-1/t10-/m0/s1. The van der Waals surface area contributed by atoms with Gasteiger partial charge in [0.1, 0.15) is 0 Å². The van der Waals surface area contributed by atoms with Crippen molar-refractivity contribution in [2.24, 2.45) is 0 Å². The van der Waals surface area contributed by atoms with E-state index in [1.54, 1.807) is 0 Å². The van der Waals surface area contributed by atoms with Gasteiger partial charge in [-0.3, -0.25) is 0 Å². The van der Waals surface area contributed by atoms with Crippen LogP contribution < -0.4 is 5.11 Å². The Morgan fingerprint density at radius 3 is 3.06 bits per heavy atom. The molecule has 0 aliphatic heterocycles. The summed E-state index contributed by atoms with van der Waals surface area (Å²) in [7, 11) is 0. The third kappa shape index (κ3) is 1.54. The van der Waals surface area contributed by atoms with Gasteiger partial charge in [-0.15, -0.1) is 0 Å². The summed E-state index contributed by atoms with van der Waals surface area (Å²) in [5.41, 5.74) is 4.27. The highest BCUT2D eigenvalue weighted by atomic mass is 16.4. The van der Waals surface area contributed by atoms with Gasteiger partial charge >= 0.3 is 0 Å². The van der Waals surface area contributed by atoms with E-state index in [0.29, 0.717) is 6.42 Å². The third-order valence-corrected chi connectivity index (χ3v) is 3.65. The Balaban J connectivity index is 2.25. The smallest absolute Gasteiger partial charge is 0.0504 e. The fourth-order valence-electron chi connectivity index (χ4n) is 2.81. The molecule has 1 aromatic carbocycles. The molecule has 3 nitrogen and oxygen atoms in total. The number of carboxylic acids is 1. The summed E-state index contributed by atoms with van der Waals surface area (Å²) in [6, 6.07) is 6.19. The fourth-order valence-corrected chi connectivity index (χ4v) is 2.81. The molecule has 1 aromatic heterocycles. The van der Waals surface area contributed by atoms with Crippen molar-refractivity contribution in [2.75, 3.05) is 0 Å². The zero-order chi connectivity index (χ0) is 12.0. The lowest BCUT2D eigenvalue weighted by atomic mass is 9.87. The number of carboxylic acid groups (broad SMARTS) is 1. The zero-order valence-electron chi connectivity index (χ0n) is 9.75. The zero-order valence-corrected chi connectivity index (χ0v) is 9.75. The number of fused-ring (bicyclic) bond motifs is 3. The van der Waals surface area contributed by atoms with E-state index < -0.39 is 11.9 Å². The molecular weight excluding hydrogens is 214 g/mol. The number of nitrogens with one attached hydrogen (secondary N) is 1. The maximum absolute atomic E-state index is 11.1. The van der Waals surface area contributed by atoms with Gasteiger partial charge in [0.25, 0.3) is 0 Å². The van der Waals surface area contributed by atoms with Crippen LogP contribution in [0.15, 0.2) is 18.2 Å². The number of aromatic amines is 1. The van der Waals surface area contributed by atoms with E-state index in [9.17, 15) is 9.90 Å². The molecule has 0 saturated carbocycles. The van der Waals surface area contributed by atoms with Crippen molar-refractivity contribution in [3.63, 3.8) is 0 Å². The van der Waals surface area contributed by atoms with Crippen LogP contribution in [0, 0.1) is 6.92 Å². The summed E-state index contributed by atoms with van der Waals surface area (Å²) < 4.78 is 0. The lowest BCUT2D eigenvalue weighted by molar-refractivity contribution is -0.308. The van der Waals surface area contributed by atoms with Crippen molar-refractivity contribution in [2.45, 2.75) is 32.1 Å². The minimum absolute atomic E-state index is 0.466. The van der Waals surface area contributed by atoms with Crippen molar-refractivity contribution < 1.29 is 9.90 Å². The summed E-state index contributed by atoms with van der Waals surface area (Å²) in [5.74, 6) is -1.43. The molecule has 1 aliphatic rings. The maximum Gasteiger partial charge on any atom is 0.0504 e. The van der Waals surface area contributed by atoms with Crippen LogP contribution in [0.1, 0.15) is 35.6 Å². The first-order valence-corrected chi connectivity index (χ1v) is 5.99. The normalized spacial score (nSPS) is 19.2. The Bertz CT molecular complexity index is 598. The van der Waals surface area contributed by atoms with Crippen molar-refractivity contribution >= 4 is 16.9 Å². The largest absolute Gasteiger partial charge is 0.549 e. The van der Waals surface area contributed by atoms with E-state index in [2.05, 4.69) is 18.0 Å². The maximum atomic E-state index is 11.1. The first kappa shape index (κ1) is 10.4. The van der Waals surface area contributed by atoms with Gasteiger partial charge in [0.15, 0.2) is 0 Å². The second-order valence-corrected chi connectivity index (χ2v) is 4.83. The summed E-state index contributed by atoms with van der Waals surface area (Å²) in [6.45, 7) is 2.05. The molecule has 0 spiro atoms. The predicted molar refractivity (Wildman–Crippen MR) is 63.7 cm³/mol. The Labute approximate surface area is 99.5 Å². The van der Waals surface area contributed by atoms with Crippen LogP contribution in [0.25, 0.3) is 10.9 Å². The molecule has 0 unspecified atom stereocenters. The van der Waals surface area contributed by atoms with E-state index in [-0.39, 0.29) is 0 Å². The molecule has 0 saturated heterocycles. The topological polar surface area (TPSA) is 55.9 Å². The van der Waals surface area contributed by atoms with Crippen LogP contribution in [0.5, 0.6) is 0 Å². The van der Waals surface area contributed by atoms with Gasteiger partial charge in [0.2, 0.25) is 0 Å². The van der Waals surface area contributed by atoms with Crippen LogP contribution in [0.3, 0.4) is 0 Å². The van der Waals surface area contributed by atoms with E-state index in [1.807, 2.05) is 12.1 Å². The number of carbonyl (C=O) groups is 1. The number of hydrogen-bond acceptors (Lipinski definition) is 2. The summed E-state index contributed by atoms with van der Waals surface area (Å²) in [5, 5.41) is 12.3. The first-order valence-electron chi connectivity index (χ1n) is 5.99. The molecule has 17 heavy (non-hydrogen) atoms. The number of carbonyl (C=O) groups excluding carboxylic acids is 1. The highest BCUT2D eigenvalue weighted by molar-refractivity contribution is 5.88. The van der Waals surface area contributed by atoms with Crippen LogP contribution >= 0.6 is 0 Å². The highest BCUT2D eigenvalue weighted by Crippen LogP contribution is 2.35. The predicted octanol–water partition coefficient (Wildman–Crippen LogP) is 1.65. The Morgan fingerprint density at radius 1 is 1.47 bits per heavy atom.